The Morgan fingerprint density at radius 2 is 1.67 bits per heavy atom. The van der Waals surface area contributed by atoms with Crippen molar-refractivity contribution in [2.75, 3.05) is 13.2 Å². The largest absolute Gasteiger partial charge is 0.466 e. The van der Waals surface area contributed by atoms with Gasteiger partial charge in [-0.2, -0.15) is 5.48 Å². The van der Waals surface area contributed by atoms with Crippen molar-refractivity contribution in [1.29, 1.82) is 0 Å². The van der Waals surface area contributed by atoms with Crippen LogP contribution in [0.5, 0.6) is 0 Å². The van der Waals surface area contributed by atoms with Crippen LogP contribution in [0.1, 0.15) is 46.0 Å². The monoisotopic (exact) mass is 261 g/mol. The fraction of sp³-hybridized carbons (Fsp3) is 0.833. The Hall–Kier alpha value is -1.14. The van der Waals surface area contributed by atoms with Crippen molar-refractivity contribution in [3.05, 3.63) is 0 Å². The van der Waals surface area contributed by atoms with E-state index in [4.69, 9.17) is 14.7 Å². The van der Waals surface area contributed by atoms with E-state index in [0.29, 0.717) is 13.2 Å². The van der Waals surface area contributed by atoms with Gasteiger partial charge < -0.3 is 14.7 Å². The minimum Gasteiger partial charge on any atom is -0.466 e. The van der Waals surface area contributed by atoms with Crippen LogP contribution < -0.4 is 5.48 Å². The number of hydrogen-bond donors (Lipinski definition) is 2. The minimum absolute atomic E-state index is 0.231. The van der Waals surface area contributed by atoms with E-state index in [1.165, 1.54) is 0 Å². The van der Waals surface area contributed by atoms with Crippen LogP contribution >= 0.6 is 0 Å². The van der Waals surface area contributed by atoms with E-state index in [1.54, 1.807) is 5.48 Å². The number of unbranched alkanes of at least 4 members (excludes halogenated alkanes) is 2. The Morgan fingerprint density at radius 3 is 2.17 bits per heavy atom. The number of carbonyl (C=O) groups excluding carboxylic acids is 2. The highest BCUT2D eigenvalue weighted by Gasteiger charge is 2.23. The summed E-state index contributed by atoms with van der Waals surface area (Å²) in [5, 5.41) is 8.81. The maximum Gasteiger partial charge on any atom is 0.326 e. The lowest BCUT2D eigenvalue weighted by Crippen LogP contribution is -2.38. The summed E-state index contributed by atoms with van der Waals surface area (Å²) in [7, 11) is 0. The fourth-order valence-electron chi connectivity index (χ4n) is 1.16. The lowest BCUT2D eigenvalue weighted by molar-refractivity contribution is -0.155. The maximum absolute atomic E-state index is 11.5. The molecule has 0 heterocycles. The third kappa shape index (κ3) is 8.03. The zero-order valence-corrected chi connectivity index (χ0v) is 11.1. The summed E-state index contributed by atoms with van der Waals surface area (Å²) in [6.45, 7) is 4.58. The van der Waals surface area contributed by atoms with Crippen LogP contribution in [0, 0.1) is 0 Å². The topological polar surface area (TPSA) is 84.9 Å². The summed E-state index contributed by atoms with van der Waals surface area (Å²) in [5.74, 6) is -1.17. The van der Waals surface area contributed by atoms with Crippen LogP contribution in [0.15, 0.2) is 0 Å². The van der Waals surface area contributed by atoms with Gasteiger partial charge in [0.25, 0.3) is 0 Å². The molecule has 2 N–H and O–H groups in total. The van der Waals surface area contributed by atoms with Crippen molar-refractivity contribution in [3.8, 4) is 0 Å². The second kappa shape index (κ2) is 11.0. The van der Waals surface area contributed by atoms with E-state index >= 15 is 0 Å². The van der Waals surface area contributed by atoms with E-state index < -0.39 is 18.0 Å². The number of hydrogen-bond acceptors (Lipinski definition) is 6. The Bertz CT molecular complexity index is 245. The highest BCUT2D eigenvalue weighted by atomic mass is 16.5. The van der Waals surface area contributed by atoms with Crippen LogP contribution in [0.4, 0.5) is 0 Å². The van der Waals surface area contributed by atoms with E-state index in [2.05, 4.69) is 0 Å². The quantitative estimate of drug-likeness (QED) is 0.351. The molecule has 18 heavy (non-hydrogen) atoms. The predicted octanol–water partition coefficient (Wildman–Crippen LogP) is 1.41. The molecular formula is C12H23NO5. The van der Waals surface area contributed by atoms with E-state index in [-0.39, 0.29) is 6.42 Å². The summed E-state index contributed by atoms with van der Waals surface area (Å²) < 4.78 is 9.79. The van der Waals surface area contributed by atoms with Gasteiger partial charge in [-0.15, -0.1) is 0 Å². The molecule has 1 atom stereocenters. The molecule has 0 radical (unpaired) electrons. The summed E-state index contributed by atoms with van der Waals surface area (Å²) in [5.41, 5.74) is 1.77. The molecule has 0 fully saturated rings. The maximum atomic E-state index is 11.5. The first-order chi connectivity index (χ1) is 8.65. The molecule has 6 heteroatoms. The number of ether oxygens (including phenoxy) is 2. The average molecular weight is 261 g/mol. The fourth-order valence-corrected chi connectivity index (χ4v) is 1.16. The van der Waals surface area contributed by atoms with Crippen LogP contribution in [0.25, 0.3) is 0 Å². The van der Waals surface area contributed by atoms with Gasteiger partial charge in [-0.3, -0.25) is 9.59 Å². The molecule has 0 aliphatic heterocycles. The molecule has 0 saturated carbocycles. The number of rotatable bonds is 10. The number of carbonyl (C=O) groups is 2. The smallest absolute Gasteiger partial charge is 0.326 e. The number of esters is 2. The van der Waals surface area contributed by atoms with Gasteiger partial charge >= 0.3 is 11.9 Å². The van der Waals surface area contributed by atoms with Crippen LogP contribution in [-0.4, -0.2) is 36.4 Å². The lowest BCUT2D eigenvalue weighted by Gasteiger charge is -2.13. The summed E-state index contributed by atoms with van der Waals surface area (Å²) in [6.07, 6.45) is 3.14. The van der Waals surface area contributed by atoms with Crippen molar-refractivity contribution in [1.82, 2.24) is 5.48 Å². The van der Waals surface area contributed by atoms with Crippen molar-refractivity contribution in [2.24, 2.45) is 0 Å². The highest BCUT2D eigenvalue weighted by molar-refractivity contribution is 5.82. The molecule has 1 unspecified atom stereocenters. The van der Waals surface area contributed by atoms with Crippen LogP contribution in [-0.2, 0) is 19.1 Å². The van der Waals surface area contributed by atoms with E-state index in [9.17, 15) is 9.59 Å². The Kier molecular flexibility index (Phi) is 10.3. The number of nitrogens with one attached hydrogen (secondary N) is 1. The molecule has 106 valence electrons. The number of hydroxylamine groups is 1. The zero-order chi connectivity index (χ0) is 13.8. The minimum atomic E-state index is -1.06. The van der Waals surface area contributed by atoms with Gasteiger partial charge in [-0.05, 0) is 12.8 Å². The second-order valence-corrected chi connectivity index (χ2v) is 3.98. The van der Waals surface area contributed by atoms with Gasteiger partial charge in [0, 0.05) is 0 Å². The molecule has 0 spiro atoms. The van der Waals surface area contributed by atoms with Gasteiger partial charge in [0.2, 0.25) is 0 Å². The average Bonchev–Trinajstić information content (AvgIpc) is 2.36. The van der Waals surface area contributed by atoms with Gasteiger partial charge in [0.1, 0.15) is 6.04 Å². The first kappa shape index (κ1) is 16.9. The zero-order valence-electron chi connectivity index (χ0n) is 11.1. The van der Waals surface area contributed by atoms with Gasteiger partial charge in [0.15, 0.2) is 0 Å². The molecule has 0 aromatic rings. The molecule has 0 saturated heterocycles. The first-order valence-corrected chi connectivity index (χ1v) is 6.37. The van der Waals surface area contributed by atoms with Gasteiger partial charge in [-0.25, -0.2) is 0 Å². The predicted molar refractivity (Wildman–Crippen MR) is 65.1 cm³/mol. The summed E-state index contributed by atoms with van der Waals surface area (Å²) in [4.78, 5) is 22.8. The lowest BCUT2D eigenvalue weighted by atomic mass is 10.2. The molecule has 0 amide bonds. The Labute approximate surface area is 108 Å². The highest BCUT2D eigenvalue weighted by Crippen LogP contribution is 2.00. The van der Waals surface area contributed by atoms with Gasteiger partial charge in [-0.1, -0.05) is 26.7 Å². The molecule has 0 aliphatic rings. The normalized spacial score (nSPS) is 11.9. The van der Waals surface area contributed by atoms with Crippen molar-refractivity contribution < 1.29 is 24.3 Å². The summed E-state index contributed by atoms with van der Waals surface area (Å²) >= 11 is 0. The molecular weight excluding hydrogens is 238 g/mol. The molecule has 0 bridgehead atoms. The SMILES string of the molecule is CCCCOC(=O)CC(NO)C(=O)OCCCC. The Balaban J connectivity index is 3.93. The van der Waals surface area contributed by atoms with Gasteiger partial charge in [0.05, 0.1) is 19.6 Å². The standard InChI is InChI=1S/C12H23NO5/c1-3-5-7-17-11(14)9-10(13-16)12(15)18-8-6-4-2/h10,13,16H,3-9H2,1-2H3. The van der Waals surface area contributed by atoms with Crippen molar-refractivity contribution >= 4 is 11.9 Å². The van der Waals surface area contributed by atoms with Crippen LogP contribution in [0.3, 0.4) is 0 Å². The summed E-state index contributed by atoms with van der Waals surface area (Å²) in [6, 6.07) is -1.06. The van der Waals surface area contributed by atoms with Crippen molar-refractivity contribution in [3.63, 3.8) is 0 Å². The second-order valence-electron chi connectivity index (χ2n) is 3.98. The Morgan fingerprint density at radius 1 is 1.11 bits per heavy atom. The van der Waals surface area contributed by atoms with Crippen molar-refractivity contribution in [2.45, 2.75) is 52.0 Å². The third-order valence-corrected chi connectivity index (χ3v) is 2.31. The van der Waals surface area contributed by atoms with Crippen LogP contribution in [0.2, 0.25) is 0 Å². The molecule has 0 aromatic carbocycles. The van der Waals surface area contributed by atoms with E-state index in [1.807, 2.05) is 13.8 Å². The molecule has 0 aliphatic carbocycles. The third-order valence-electron chi connectivity index (χ3n) is 2.31. The molecule has 6 nitrogen and oxygen atoms in total. The molecule has 0 aromatic heterocycles. The first-order valence-electron chi connectivity index (χ1n) is 6.37. The van der Waals surface area contributed by atoms with E-state index in [0.717, 1.165) is 25.7 Å². The molecule has 0 rings (SSSR count).